The normalized spacial score (nSPS) is 11.6. The first-order chi connectivity index (χ1) is 61.9. The van der Waals surface area contributed by atoms with Crippen LogP contribution in [0.2, 0.25) is 0 Å². The van der Waals surface area contributed by atoms with Crippen molar-refractivity contribution >= 4 is 95.1 Å². The standard InChI is InChI=1S/C19H17NOS.C19H19NO.C19H19NS.C15H12N2S.C13H15NO.C13H15NS.C7H11NO.C7H11NS/c1-19(2,3)13-5-7-17-15(11-13)14-10-12(4-6-16(14)21-17)18-20-8-9-22-18;2*1-19(2,3)17-10-8-15(9-11-17)14-4-6-16(7-5-14)18-20-12-13-21-18;1-3-7-13(8-4-1)17(15-16-11-12-18-15)14-9-5-2-6-10-14;2*1-13(2,3)11-6-4-10(5-7-11)12-14-8-9-15-12;2*1-7(2,3)6-8-4-5-9-6/h4-11H,1-3H3;2*4-13H,1-3H3;1-12H;2*4-9H,1-3H3;2*4-5H,1-3H3. The van der Waals surface area contributed by atoms with Crippen LogP contribution in [-0.2, 0) is 37.9 Å². The van der Waals surface area contributed by atoms with Crippen molar-refractivity contribution in [1.29, 1.82) is 0 Å². The van der Waals surface area contributed by atoms with Crippen LogP contribution in [-0.4, -0.2) is 39.9 Å². The van der Waals surface area contributed by atoms with Gasteiger partial charge >= 0.3 is 0 Å². The Morgan fingerprint density at radius 3 is 0.877 bits per heavy atom. The summed E-state index contributed by atoms with van der Waals surface area (Å²) in [6.07, 6.45) is 19.0. The molecule has 10 aromatic carbocycles. The second kappa shape index (κ2) is 43.3. The molecule has 9 heterocycles. The monoisotopic (exact) mass is 1810 g/mol. The number of oxazole rings is 3. The van der Waals surface area contributed by atoms with Crippen LogP contribution >= 0.6 is 56.7 Å². The van der Waals surface area contributed by atoms with Crippen molar-refractivity contribution in [2.75, 3.05) is 4.90 Å². The third kappa shape index (κ3) is 27.3. The van der Waals surface area contributed by atoms with E-state index >= 15 is 0 Å². The maximum absolute atomic E-state index is 5.98. The largest absolute Gasteiger partial charge is 0.456 e. The number of rotatable bonds is 10. The minimum atomic E-state index is 0.0451. The van der Waals surface area contributed by atoms with Gasteiger partial charge in [-0.05, 0) is 156 Å². The highest BCUT2D eigenvalue weighted by Crippen LogP contribution is 2.40. The quantitative estimate of drug-likeness (QED) is 0.127. The number of para-hydroxylation sites is 2. The average molecular weight is 1820 g/mol. The van der Waals surface area contributed by atoms with Crippen LogP contribution in [0.4, 0.5) is 16.5 Å². The van der Waals surface area contributed by atoms with E-state index in [2.05, 4.69) is 366 Å². The topological polar surface area (TPSA) is 159 Å². The van der Waals surface area contributed by atoms with Crippen LogP contribution in [0.5, 0.6) is 0 Å². The summed E-state index contributed by atoms with van der Waals surface area (Å²) >= 11 is 8.36. The molecule has 0 aliphatic heterocycles. The summed E-state index contributed by atoms with van der Waals surface area (Å²) in [5.41, 5.74) is 22.5. The molecule has 19 rings (SSSR count). The summed E-state index contributed by atoms with van der Waals surface area (Å²) in [7, 11) is 0. The number of aromatic nitrogens is 8. The Morgan fingerprint density at radius 2 is 0.554 bits per heavy atom. The van der Waals surface area contributed by atoms with Gasteiger partial charge in [0.15, 0.2) is 11.0 Å². The van der Waals surface area contributed by atoms with Crippen LogP contribution in [0, 0.1) is 0 Å². The lowest BCUT2D eigenvalue weighted by Gasteiger charge is -2.21. The van der Waals surface area contributed by atoms with Crippen LogP contribution < -0.4 is 4.90 Å². The van der Waals surface area contributed by atoms with E-state index in [-0.39, 0.29) is 37.9 Å². The van der Waals surface area contributed by atoms with Crippen LogP contribution in [0.1, 0.15) is 184 Å². The molecule has 130 heavy (non-hydrogen) atoms. The van der Waals surface area contributed by atoms with Crippen molar-refractivity contribution in [3.8, 4) is 76.9 Å². The first-order valence-electron chi connectivity index (χ1n) is 43.6. The van der Waals surface area contributed by atoms with Gasteiger partial charge in [-0.1, -0.05) is 309 Å². The molecular formula is C112H119N9O4S5. The molecule has 0 saturated carbocycles. The molecule has 19 aromatic rings. The average Bonchev–Trinajstić information content (AvgIpc) is 1.61. The predicted octanol–water partition coefficient (Wildman–Crippen LogP) is 33.9. The van der Waals surface area contributed by atoms with Crippen molar-refractivity contribution in [2.24, 2.45) is 0 Å². The van der Waals surface area contributed by atoms with E-state index in [9.17, 15) is 0 Å². The first-order valence-corrected chi connectivity index (χ1v) is 48.0. The molecule has 0 amide bonds. The van der Waals surface area contributed by atoms with Gasteiger partial charge in [-0.25, -0.2) is 39.9 Å². The lowest BCUT2D eigenvalue weighted by Crippen LogP contribution is -2.10. The van der Waals surface area contributed by atoms with E-state index < -0.39 is 0 Å². The molecule has 0 aliphatic rings. The van der Waals surface area contributed by atoms with Gasteiger partial charge in [0.1, 0.15) is 45.0 Å². The van der Waals surface area contributed by atoms with Crippen LogP contribution in [0.25, 0.3) is 98.8 Å². The number of anilines is 3. The number of benzene rings is 10. The van der Waals surface area contributed by atoms with Crippen molar-refractivity contribution in [1.82, 2.24) is 39.9 Å². The molecular weight excluding hydrogens is 1700 g/mol. The van der Waals surface area contributed by atoms with Crippen molar-refractivity contribution in [3.63, 3.8) is 0 Å². The molecule has 666 valence electrons. The second-order valence-electron chi connectivity index (χ2n) is 38.4. The first kappa shape index (κ1) is 96.7. The predicted molar refractivity (Wildman–Crippen MR) is 551 cm³/mol. The van der Waals surface area contributed by atoms with Gasteiger partial charge in [0.05, 0.1) is 23.6 Å². The van der Waals surface area contributed by atoms with E-state index in [1.165, 1.54) is 71.6 Å². The summed E-state index contributed by atoms with van der Waals surface area (Å²) in [6.45, 7) is 46.1. The Morgan fingerprint density at radius 1 is 0.238 bits per heavy atom. The molecule has 0 unspecified atom stereocenters. The molecule has 9 aromatic heterocycles. The fourth-order valence-corrected chi connectivity index (χ4v) is 16.7. The van der Waals surface area contributed by atoms with Gasteiger partial charge < -0.3 is 17.7 Å². The minimum absolute atomic E-state index is 0.0451. The molecule has 18 heteroatoms. The van der Waals surface area contributed by atoms with Crippen LogP contribution in [0.15, 0.2) is 356 Å². The SMILES string of the molecule is CC(C)(C)c1ccc(-c2ccc(-c3ncco3)cc2)cc1.CC(C)(C)c1ccc(-c2ccc(-c3nccs3)cc2)cc1.CC(C)(C)c1ccc(-c2ncco2)cc1.CC(C)(C)c1ccc(-c2nccs2)cc1.CC(C)(C)c1ccc2oc3ccc(-c4nccs4)cc3c2c1.CC(C)(C)c1ncco1.CC(C)(C)c1nccs1.c1ccc(N(c2ccccc2)c2nccs2)cc1. The zero-order valence-corrected chi connectivity index (χ0v) is 82.6. The fraction of sp³-hybridized carbons (Fsp3) is 0.250. The van der Waals surface area contributed by atoms with Crippen LogP contribution in [0.3, 0.4) is 0 Å². The Bertz CT molecular complexity index is 6150. The van der Waals surface area contributed by atoms with E-state index in [0.717, 1.165) is 70.7 Å². The highest BCUT2D eigenvalue weighted by Gasteiger charge is 2.23. The van der Waals surface area contributed by atoms with Crippen molar-refractivity contribution < 1.29 is 17.7 Å². The zero-order chi connectivity index (χ0) is 92.9. The number of thiazole rings is 5. The molecule has 0 aliphatic carbocycles. The van der Waals surface area contributed by atoms with Gasteiger partial charge in [-0.3, -0.25) is 4.90 Å². The molecule has 0 N–H and O–H groups in total. The summed E-state index contributed by atoms with van der Waals surface area (Å²) < 4.78 is 21.6. The highest BCUT2D eigenvalue weighted by atomic mass is 32.1. The zero-order valence-electron chi connectivity index (χ0n) is 78.5. The number of furan rings is 1. The molecule has 0 radical (unpaired) electrons. The molecule has 13 nitrogen and oxygen atoms in total. The molecule has 0 fully saturated rings. The molecule has 0 spiro atoms. The van der Waals surface area contributed by atoms with Gasteiger partial charge in [-0.2, -0.15) is 0 Å². The second-order valence-corrected chi connectivity index (χ2v) is 42.9. The Hall–Kier alpha value is -12.4. The lowest BCUT2D eigenvalue weighted by molar-refractivity contribution is 0.392. The van der Waals surface area contributed by atoms with Gasteiger partial charge in [-0.15, -0.1) is 56.7 Å². The Labute approximate surface area is 788 Å². The van der Waals surface area contributed by atoms with E-state index in [0.29, 0.717) is 11.8 Å². The van der Waals surface area contributed by atoms with E-state index in [1.54, 1.807) is 94.1 Å². The highest BCUT2D eigenvalue weighted by molar-refractivity contribution is 7.14. The number of nitrogens with zero attached hydrogens (tertiary/aromatic N) is 9. The summed E-state index contributed by atoms with van der Waals surface area (Å²) in [4.78, 5) is 36.1. The third-order valence-corrected chi connectivity index (χ3v) is 25.4. The lowest BCUT2D eigenvalue weighted by atomic mass is 9.86. The Kier molecular flexibility index (Phi) is 32.2. The third-order valence-electron chi connectivity index (χ3n) is 21.0. The van der Waals surface area contributed by atoms with Gasteiger partial charge in [0.25, 0.3) is 0 Å². The van der Waals surface area contributed by atoms with Gasteiger partial charge in [0.2, 0.25) is 11.8 Å². The smallest absolute Gasteiger partial charge is 0.225 e. The van der Waals surface area contributed by atoms with Crippen molar-refractivity contribution in [3.05, 3.63) is 377 Å². The summed E-state index contributed by atoms with van der Waals surface area (Å²) in [5, 5.41) is 17.8. The number of hydrogen-bond acceptors (Lipinski definition) is 18. The maximum atomic E-state index is 5.98. The molecule has 0 saturated heterocycles. The Balaban J connectivity index is 0.000000137. The number of fused-ring (bicyclic) bond motifs is 3. The molecule has 0 atom stereocenters. The minimum Gasteiger partial charge on any atom is -0.456 e. The number of hydrogen-bond donors (Lipinski definition) is 0. The summed E-state index contributed by atoms with van der Waals surface area (Å²) in [5.74, 6) is 2.13. The van der Waals surface area contributed by atoms with E-state index in [1.807, 2.05) is 125 Å². The summed E-state index contributed by atoms with van der Waals surface area (Å²) in [6, 6.07) is 85.0. The van der Waals surface area contributed by atoms with Crippen molar-refractivity contribution in [2.45, 2.75) is 183 Å². The molecule has 0 bridgehead atoms. The van der Waals surface area contributed by atoms with Gasteiger partial charge in [0, 0.05) is 119 Å². The maximum Gasteiger partial charge on any atom is 0.225 e. The van der Waals surface area contributed by atoms with E-state index in [4.69, 9.17) is 17.7 Å². The fourth-order valence-electron chi connectivity index (χ4n) is 13.4.